The molecule has 0 aromatic carbocycles. The molecule has 0 aliphatic heterocycles. The average molecular weight is 1190 g/mol. The Bertz CT molecular complexity index is 1290. The van der Waals surface area contributed by atoms with Crippen molar-refractivity contribution >= 4 is 5.91 Å². The Labute approximate surface area is 526 Å². The van der Waals surface area contributed by atoms with Crippen molar-refractivity contribution in [2.24, 2.45) is 0 Å². The van der Waals surface area contributed by atoms with E-state index in [4.69, 9.17) is 0 Å². The van der Waals surface area contributed by atoms with Crippen molar-refractivity contribution in [1.82, 2.24) is 5.32 Å². The van der Waals surface area contributed by atoms with Crippen LogP contribution in [0.2, 0.25) is 0 Å². The van der Waals surface area contributed by atoms with Gasteiger partial charge in [0.2, 0.25) is 5.91 Å². The summed E-state index contributed by atoms with van der Waals surface area (Å²) in [6.45, 7) is 4.11. The second-order valence-electron chi connectivity index (χ2n) is 27.1. The molecule has 0 rings (SSSR count). The highest BCUT2D eigenvalue weighted by Gasteiger charge is 2.28. The van der Waals surface area contributed by atoms with Crippen LogP contribution in [0.3, 0.4) is 0 Å². The lowest BCUT2D eigenvalue weighted by molar-refractivity contribution is -0.132. The number of carbonyl (C=O) groups is 1. The van der Waals surface area contributed by atoms with Crippen molar-refractivity contribution in [3.63, 3.8) is 0 Å². The van der Waals surface area contributed by atoms with Crippen LogP contribution in [-0.4, -0.2) is 57.3 Å². The summed E-state index contributed by atoms with van der Waals surface area (Å²) in [5.41, 5.74) is 0. The monoisotopic (exact) mass is 1180 g/mol. The summed E-state index contributed by atoms with van der Waals surface area (Å²) in [6, 6.07) is -1.00. The van der Waals surface area contributed by atoms with E-state index in [0.717, 1.165) is 38.5 Å². The number of rotatable bonds is 73. The molecule has 0 aliphatic carbocycles. The Balaban J connectivity index is 3.52. The SMILES string of the molecule is CCCCCCCCCCCCCCCCCC/C=C\CCCCCCCCCCCCCCCCCCC(O)C(=O)NC(CO)C(O)C(O)CCC/C=C/CCCCCCCCCCCCCCCCCCCCCCCCCCCCC. The van der Waals surface area contributed by atoms with Crippen LogP contribution >= 0.6 is 0 Å². The number of hydrogen-bond acceptors (Lipinski definition) is 5. The van der Waals surface area contributed by atoms with Gasteiger partial charge in [0, 0.05) is 0 Å². The molecule has 6 nitrogen and oxygen atoms in total. The summed E-state index contributed by atoms with van der Waals surface area (Å²) in [5.74, 6) is -0.585. The van der Waals surface area contributed by atoms with E-state index in [2.05, 4.69) is 43.5 Å². The number of unbranched alkanes of at least 4 members (excludes halogenated alkanes) is 60. The number of amides is 1. The highest BCUT2D eigenvalue weighted by atomic mass is 16.3. The average Bonchev–Trinajstić information content (AvgIpc) is 3.51. The summed E-state index contributed by atoms with van der Waals surface area (Å²) in [5, 5.41) is 44.3. The number of hydrogen-bond donors (Lipinski definition) is 5. The van der Waals surface area contributed by atoms with Crippen molar-refractivity contribution in [1.29, 1.82) is 0 Å². The quantitative estimate of drug-likeness (QED) is 0.0308. The summed E-state index contributed by atoms with van der Waals surface area (Å²) in [6.07, 6.45) is 93.5. The van der Waals surface area contributed by atoms with Crippen LogP contribution in [-0.2, 0) is 4.79 Å². The van der Waals surface area contributed by atoms with Crippen LogP contribution in [0.15, 0.2) is 24.3 Å². The maximum absolute atomic E-state index is 12.7. The molecule has 84 heavy (non-hydrogen) atoms. The van der Waals surface area contributed by atoms with Crippen molar-refractivity contribution in [3.05, 3.63) is 24.3 Å². The summed E-state index contributed by atoms with van der Waals surface area (Å²) >= 11 is 0. The molecule has 0 aromatic heterocycles. The first kappa shape index (κ1) is 82.8. The normalized spacial score (nSPS) is 13.5. The summed E-state index contributed by atoms with van der Waals surface area (Å²) < 4.78 is 0. The number of aliphatic hydroxyl groups is 4. The third kappa shape index (κ3) is 65.2. The second-order valence-corrected chi connectivity index (χ2v) is 27.1. The van der Waals surface area contributed by atoms with E-state index in [1.54, 1.807) is 0 Å². The Morgan fingerprint density at radius 1 is 0.286 bits per heavy atom. The Morgan fingerprint density at radius 3 is 0.714 bits per heavy atom. The maximum atomic E-state index is 12.7. The Hall–Kier alpha value is -1.21. The third-order valence-electron chi connectivity index (χ3n) is 18.6. The van der Waals surface area contributed by atoms with Gasteiger partial charge in [-0.15, -0.1) is 0 Å². The first-order valence-electron chi connectivity index (χ1n) is 38.7. The predicted molar refractivity (Wildman–Crippen MR) is 371 cm³/mol. The molecule has 0 radical (unpaired) electrons. The maximum Gasteiger partial charge on any atom is 0.249 e. The molecule has 0 heterocycles. The molecule has 4 unspecified atom stereocenters. The van der Waals surface area contributed by atoms with Gasteiger partial charge < -0.3 is 25.7 Å². The first-order valence-corrected chi connectivity index (χ1v) is 38.7. The first-order chi connectivity index (χ1) is 41.5. The number of carbonyl (C=O) groups excluding carboxylic acids is 1. The molecule has 1 amide bonds. The molecule has 0 fully saturated rings. The summed E-state index contributed by atoms with van der Waals surface area (Å²) in [7, 11) is 0. The Morgan fingerprint density at radius 2 is 0.488 bits per heavy atom. The van der Waals surface area contributed by atoms with Gasteiger partial charge in [0.25, 0.3) is 0 Å². The van der Waals surface area contributed by atoms with Gasteiger partial charge in [-0.2, -0.15) is 0 Å². The van der Waals surface area contributed by atoms with Crippen molar-refractivity contribution < 1.29 is 25.2 Å². The minimum absolute atomic E-state index is 0.367. The minimum Gasteiger partial charge on any atom is -0.394 e. The summed E-state index contributed by atoms with van der Waals surface area (Å²) in [4.78, 5) is 12.7. The van der Waals surface area contributed by atoms with Crippen LogP contribution in [0.25, 0.3) is 0 Å². The fourth-order valence-corrected chi connectivity index (χ4v) is 12.6. The molecule has 0 aromatic rings. The largest absolute Gasteiger partial charge is 0.394 e. The predicted octanol–water partition coefficient (Wildman–Crippen LogP) is 24.4. The van der Waals surface area contributed by atoms with Gasteiger partial charge in [-0.1, -0.05) is 398 Å². The van der Waals surface area contributed by atoms with Crippen molar-refractivity contribution in [2.75, 3.05) is 6.61 Å². The van der Waals surface area contributed by atoms with Crippen LogP contribution in [0.4, 0.5) is 0 Å². The zero-order chi connectivity index (χ0) is 60.8. The van der Waals surface area contributed by atoms with Gasteiger partial charge in [-0.25, -0.2) is 0 Å². The molecular weight excluding hydrogens is 1030 g/mol. The lowest BCUT2D eigenvalue weighted by Gasteiger charge is -2.27. The van der Waals surface area contributed by atoms with E-state index >= 15 is 0 Å². The van der Waals surface area contributed by atoms with Crippen LogP contribution in [0.5, 0.6) is 0 Å². The molecule has 0 spiro atoms. The fourth-order valence-electron chi connectivity index (χ4n) is 12.6. The molecule has 4 atom stereocenters. The van der Waals surface area contributed by atoms with Crippen LogP contribution < -0.4 is 5.32 Å². The van der Waals surface area contributed by atoms with E-state index < -0.39 is 36.9 Å². The topological polar surface area (TPSA) is 110 Å². The van der Waals surface area contributed by atoms with Crippen LogP contribution in [0, 0.1) is 0 Å². The van der Waals surface area contributed by atoms with E-state index in [0.29, 0.717) is 12.8 Å². The second kappa shape index (κ2) is 72.5. The molecule has 5 N–H and O–H groups in total. The van der Waals surface area contributed by atoms with Gasteiger partial charge in [-0.3, -0.25) is 4.79 Å². The Kier molecular flexibility index (Phi) is 71.5. The molecule has 0 saturated carbocycles. The minimum atomic E-state index is -1.28. The van der Waals surface area contributed by atoms with Gasteiger partial charge in [-0.05, 0) is 64.2 Å². The molecular formula is C78H153NO5. The molecule has 0 bridgehead atoms. The van der Waals surface area contributed by atoms with Gasteiger partial charge in [0.1, 0.15) is 12.2 Å². The standard InChI is InChI=1S/C78H153NO5/c1-3-5-7-9-11-13-15-17-19-21-23-25-27-29-31-33-35-37-38-39-40-42-44-46-48-50-52-54-56-58-60-62-64-66-68-70-72-76(82)78(84)79-74(73-80)77(83)75(81)71-69-67-65-63-61-59-57-55-53-51-49-47-45-43-41-36-34-32-30-28-26-24-22-20-18-16-14-12-10-8-6-4-2/h37-38,63,65,74-77,80-83H,3-36,39-62,64,66-73H2,1-2H3,(H,79,84)/b38-37-,65-63+. The van der Waals surface area contributed by atoms with Crippen molar-refractivity contribution in [2.45, 2.75) is 462 Å². The van der Waals surface area contributed by atoms with E-state index in [-0.39, 0.29) is 0 Å². The van der Waals surface area contributed by atoms with Gasteiger partial charge in [0.15, 0.2) is 0 Å². The zero-order valence-electron chi connectivity index (χ0n) is 57.2. The smallest absolute Gasteiger partial charge is 0.249 e. The highest BCUT2D eigenvalue weighted by molar-refractivity contribution is 5.80. The molecule has 6 heteroatoms. The van der Waals surface area contributed by atoms with Crippen LogP contribution in [0.1, 0.15) is 438 Å². The van der Waals surface area contributed by atoms with Gasteiger partial charge in [0.05, 0.1) is 18.8 Å². The zero-order valence-corrected chi connectivity index (χ0v) is 57.2. The van der Waals surface area contributed by atoms with Crippen molar-refractivity contribution in [3.8, 4) is 0 Å². The lowest BCUT2D eigenvalue weighted by atomic mass is 10.00. The van der Waals surface area contributed by atoms with E-state index in [1.165, 1.54) is 372 Å². The van der Waals surface area contributed by atoms with E-state index in [1.807, 2.05) is 0 Å². The fraction of sp³-hybridized carbons (Fsp3) is 0.936. The highest BCUT2D eigenvalue weighted by Crippen LogP contribution is 2.20. The van der Waals surface area contributed by atoms with E-state index in [9.17, 15) is 25.2 Å². The number of nitrogens with one attached hydrogen (secondary N) is 1. The molecule has 0 saturated heterocycles. The molecule has 500 valence electrons. The third-order valence-corrected chi connectivity index (χ3v) is 18.6. The van der Waals surface area contributed by atoms with Gasteiger partial charge >= 0.3 is 0 Å². The molecule has 0 aliphatic rings. The lowest BCUT2D eigenvalue weighted by Crippen LogP contribution is -2.53. The number of aliphatic hydroxyl groups excluding tert-OH is 4. The number of allylic oxidation sites excluding steroid dienone is 4.